The monoisotopic (exact) mass is 260 g/mol. The molecule has 0 fully saturated rings. The van der Waals surface area contributed by atoms with Crippen molar-refractivity contribution in [2.75, 3.05) is 7.11 Å². The van der Waals surface area contributed by atoms with Crippen LogP contribution in [0.2, 0.25) is 0 Å². The van der Waals surface area contributed by atoms with E-state index in [1.54, 1.807) is 7.11 Å². The van der Waals surface area contributed by atoms with Crippen molar-refractivity contribution in [1.29, 1.82) is 0 Å². The SMILES string of the molecule is COCc1nc2c(ccc3cnn(CC(C)N)c32)o1. The van der Waals surface area contributed by atoms with Crippen LogP contribution in [0.4, 0.5) is 0 Å². The molecule has 0 aliphatic heterocycles. The summed E-state index contributed by atoms with van der Waals surface area (Å²) in [6.07, 6.45) is 1.82. The van der Waals surface area contributed by atoms with Crippen molar-refractivity contribution in [3.8, 4) is 0 Å². The van der Waals surface area contributed by atoms with E-state index in [0.29, 0.717) is 19.0 Å². The fraction of sp³-hybridized carbons (Fsp3) is 0.385. The molecule has 3 rings (SSSR count). The molecule has 2 heterocycles. The molecule has 0 aliphatic carbocycles. The van der Waals surface area contributed by atoms with Gasteiger partial charge in [0.05, 0.1) is 18.3 Å². The average Bonchev–Trinajstić information content (AvgIpc) is 2.92. The molecule has 2 aromatic heterocycles. The van der Waals surface area contributed by atoms with Gasteiger partial charge in [-0.3, -0.25) is 4.68 Å². The van der Waals surface area contributed by atoms with Crippen molar-refractivity contribution in [3.05, 3.63) is 24.2 Å². The zero-order chi connectivity index (χ0) is 13.4. The lowest BCUT2D eigenvalue weighted by atomic mass is 10.2. The van der Waals surface area contributed by atoms with Gasteiger partial charge in [0, 0.05) is 18.5 Å². The second kappa shape index (κ2) is 4.64. The molecule has 0 bridgehead atoms. The number of hydrogen-bond donors (Lipinski definition) is 1. The highest BCUT2D eigenvalue weighted by Gasteiger charge is 2.14. The average molecular weight is 260 g/mol. The zero-order valence-corrected chi connectivity index (χ0v) is 11.0. The maximum atomic E-state index is 5.85. The van der Waals surface area contributed by atoms with Crippen LogP contribution in [0, 0.1) is 0 Å². The van der Waals surface area contributed by atoms with E-state index >= 15 is 0 Å². The Morgan fingerprint density at radius 3 is 3.05 bits per heavy atom. The molecule has 1 atom stereocenters. The summed E-state index contributed by atoms with van der Waals surface area (Å²) >= 11 is 0. The summed E-state index contributed by atoms with van der Waals surface area (Å²) in [4.78, 5) is 4.48. The van der Waals surface area contributed by atoms with Crippen LogP contribution in [-0.2, 0) is 17.9 Å². The van der Waals surface area contributed by atoms with Crippen LogP contribution in [0.25, 0.3) is 22.0 Å². The van der Waals surface area contributed by atoms with Gasteiger partial charge in [-0.25, -0.2) is 4.98 Å². The van der Waals surface area contributed by atoms with Crippen LogP contribution in [-0.4, -0.2) is 27.9 Å². The standard InChI is InChI=1S/C13H16N4O2/c1-8(14)6-17-13-9(5-15-17)3-4-10-12(13)16-11(19-10)7-18-2/h3-5,8H,6-7,14H2,1-2H3. The van der Waals surface area contributed by atoms with Crippen LogP contribution in [0.5, 0.6) is 0 Å². The molecule has 0 saturated carbocycles. The highest BCUT2D eigenvalue weighted by atomic mass is 16.5. The molecule has 19 heavy (non-hydrogen) atoms. The van der Waals surface area contributed by atoms with Crippen molar-refractivity contribution in [2.24, 2.45) is 5.73 Å². The Bertz CT molecular complexity index is 714. The number of methoxy groups -OCH3 is 1. The van der Waals surface area contributed by atoms with E-state index in [0.717, 1.165) is 22.0 Å². The Balaban J connectivity index is 2.21. The van der Waals surface area contributed by atoms with Crippen molar-refractivity contribution < 1.29 is 9.15 Å². The van der Waals surface area contributed by atoms with Gasteiger partial charge in [-0.2, -0.15) is 5.10 Å². The number of oxazole rings is 1. The first kappa shape index (κ1) is 12.1. The Morgan fingerprint density at radius 2 is 2.32 bits per heavy atom. The fourth-order valence-electron chi connectivity index (χ4n) is 2.20. The largest absolute Gasteiger partial charge is 0.438 e. The number of nitrogens with zero attached hydrogens (tertiary/aromatic N) is 3. The molecule has 2 N–H and O–H groups in total. The minimum Gasteiger partial charge on any atom is -0.438 e. The minimum absolute atomic E-state index is 0.0312. The molecule has 6 heteroatoms. The predicted octanol–water partition coefficient (Wildman–Crippen LogP) is 1.67. The van der Waals surface area contributed by atoms with Crippen molar-refractivity contribution >= 4 is 22.0 Å². The molecule has 0 amide bonds. The Hall–Kier alpha value is -1.92. The van der Waals surface area contributed by atoms with E-state index in [9.17, 15) is 0 Å². The third-order valence-corrected chi connectivity index (χ3v) is 2.93. The molecule has 0 spiro atoms. The number of fused-ring (bicyclic) bond motifs is 3. The van der Waals surface area contributed by atoms with Gasteiger partial charge in [-0.15, -0.1) is 0 Å². The van der Waals surface area contributed by atoms with E-state index < -0.39 is 0 Å². The molecule has 1 aromatic carbocycles. The normalized spacial score (nSPS) is 13.4. The molecule has 1 unspecified atom stereocenters. The van der Waals surface area contributed by atoms with Gasteiger partial charge in [0.1, 0.15) is 12.1 Å². The van der Waals surface area contributed by atoms with E-state index in [1.807, 2.05) is 29.9 Å². The summed E-state index contributed by atoms with van der Waals surface area (Å²) in [6, 6.07) is 3.91. The lowest BCUT2D eigenvalue weighted by molar-refractivity contribution is 0.161. The van der Waals surface area contributed by atoms with Crippen molar-refractivity contribution in [3.63, 3.8) is 0 Å². The van der Waals surface area contributed by atoms with E-state index in [4.69, 9.17) is 14.9 Å². The maximum Gasteiger partial charge on any atom is 0.221 e. The van der Waals surface area contributed by atoms with Crippen LogP contribution >= 0.6 is 0 Å². The summed E-state index contributed by atoms with van der Waals surface area (Å²) in [5, 5.41) is 5.40. The first-order chi connectivity index (χ1) is 9.19. The highest BCUT2D eigenvalue weighted by molar-refractivity contribution is 6.00. The molecule has 6 nitrogen and oxygen atoms in total. The maximum absolute atomic E-state index is 5.85. The van der Waals surface area contributed by atoms with Crippen molar-refractivity contribution in [1.82, 2.24) is 14.8 Å². The third kappa shape index (κ3) is 2.09. The van der Waals surface area contributed by atoms with Gasteiger partial charge in [0.2, 0.25) is 5.89 Å². The number of hydrogen-bond acceptors (Lipinski definition) is 5. The molecule has 0 saturated heterocycles. The molecular weight excluding hydrogens is 244 g/mol. The van der Waals surface area contributed by atoms with Gasteiger partial charge in [-0.1, -0.05) is 0 Å². The summed E-state index contributed by atoms with van der Waals surface area (Å²) in [6.45, 7) is 2.96. The fourth-order valence-corrected chi connectivity index (χ4v) is 2.20. The minimum atomic E-state index is 0.0312. The quantitative estimate of drug-likeness (QED) is 0.772. The van der Waals surface area contributed by atoms with E-state index in [2.05, 4.69) is 10.1 Å². The van der Waals surface area contributed by atoms with Gasteiger partial charge in [0.25, 0.3) is 0 Å². The predicted molar refractivity (Wildman–Crippen MR) is 71.7 cm³/mol. The number of ether oxygens (including phenoxy) is 1. The lowest BCUT2D eigenvalue weighted by Crippen LogP contribution is -2.22. The van der Waals surface area contributed by atoms with Crippen LogP contribution in [0.15, 0.2) is 22.7 Å². The van der Waals surface area contributed by atoms with Crippen LogP contribution in [0.3, 0.4) is 0 Å². The molecular formula is C13H16N4O2. The summed E-state index contributed by atoms with van der Waals surface area (Å²) < 4.78 is 12.6. The summed E-state index contributed by atoms with van der Waals surface area (Å²) in [5.41, 5.74) is 8.36. The molecule has 100 valence electrons. The van der Waals surface area contributed by atoms with Gasteiger partial charge >= 0.3 is 0 Å². The zero-order valence-electron chi connectivity index (χ0n) is 11.0. The number of benzene rings is 1. The Labute approximate surface area is 110 Å². The molecule has 3 aromatic rings. The third-order valence-electron chi connectivity index (χ3n) is 2.93. The van der Waals surface area contributed by atoms with Crippen LogP contribution < -0.4 is 5.73 Å². The first-order valence-electron chi connectivity index (χ1n) is 6.17. The van der Waals surface area contributed by atoms with Gasteiger partial charge < -0.3 is 14.9 Å². The summed E-state index contributed by atoms with van der Waals surface area (Å²) in [7, 11) is 1.62. The smallest absolute Gasteiger partial charge is 0.221 e. The van der Waals surface area contributed by atoms with Gasteiger partial charge in [0.15, 0.2) is 5.58 Å². The van der Waals surface area contributed by atoms with E-state index in [1.165, 1.54) is 0 Å². The second-order valence-electron chi connectivity index (χ2n) is 4.69. The topological polar surface area (TPSA) is 79.1 Å². The number of aromatic nitrogens is 3. The lowest BCUT2D eigenvalue weighted by Gasteiger charge is -2.06. The molecule has 0 radical (unpaired) electrons. The first-order valence-corrected chi connectivity index (χ1v) is 6.17. The Kier molecular flexibility index (Phi) is 2.96. The van der Waals surface area contributed by atoms with E-state index in [-0.39, 0.29) is 6.04 Å². The number of rotatable bonds is 4. The summed E-state index contributed by atoms with van der Waals surface area (Å²) in [5.74, 6) is 0.568. The number of nitrogens with two attached hydrogens (primary N) is 1. The highest BCUT2D eigenvalue weighted by Crippen LogP contribution is 2.25. The van der Waals surface area contributed by atoms with Crippen molar-refractivity contribution in [2.45, 2.75) is 26.1 Å². The van der Waals surface area contributed by atoms with Gasteiger partial charge in [-0.05, 0) is 19.1 Å². The second-order valence-corrected chi connectivity index (χ2v) is 4.69. The van der Waals surface area contributed by atoms with Crippen LogP contribution in [0.1, 0.15) is 12.8 Å². The Morgan fingerprint density at radius 1 is 1.47 bits per heavy atom. The molecule has 0 aliphatic rings.